The highest BCUT2D eigenvalue weighted by Crippen LogP contribution is 2.27. The number of aliphatic hydroxyl groups excluding tert-OH is 2. The monoisotopic (exact) mass is 346 g/mol. The minimum Gasteiger partial charge on any atom is -0.393 e. The molecule has 0 saturated heterocycles. The molecule has 0 aromatic rings. The van der Waals surface area contributed by atoms with Crippen molar-refractivity contribution < 1.29 is 14.7 Å². The van der Waals surface area contributed by atoms with Crippen molar-refractivity contribution in [2.75, 3.05) is 55.4 Å². The summed E-state index contributed by atoms with van der Waals surface area (Å²) >= 11 is 0. The molecule has 24 heavy (non-hydrogen) atoms. The van der Waals surface area contributed by atoms with Crippen LogP contribution in [-0.2, 0) is 0 Å². The number of rotatable bonds is 11. The molecule has 0 radical (unpaired) electrons. The van der Waals surface area contributed by atoms with Crippen LogP contribution in [0.1, 0.15) is 47.0 Å². The summed E-state index contributed by atoms with van der Waals surface area (Å²) in [7, 11) is 12.5. The molecule has 5 heteroatoms. The molecule has 146 valence electrons. The summed E-state index contributed by atoms with van der Waals surface area (Å²) in [5, 5.41) is 20.8. The SMILES string of the molecule is CN(C)CC(O)CC(C)(C)[N+](C)(C)CCC(O)CC(C)(C)N(C)C. The second kappa shape index (κ2) is 8.95. The Labute approximate surface area is 150 Å². The van der Waals surface area contributed by atoms with Gasteiger partial charge in [-0.15, -0.1) is 0 Å². The van der Waals surface area contributed by atoms with Crippen LogP contribution in [0.5, 0.6) is 0 Å². The first-order valence-corrected chi connectivity index (χ1v) is 9.12. The molecule has 2 N–H and O–H groups in total. The first kappa shape index (κ1) is 23.8. The van der Waals surface area contributed by atoms with Crippen molar-refractivity contribution in [1.29, 1.82) is 0 Å². The van der Waals surface area contributed by atoms with Crippen LogP contribution in [0.15, 0.2) is 0 Å². The Bertz CT molecular complexity index is 366. The van der Waals surface area contributed by atoms with Crippen LogP contribution in [0, 0.1) is 0 Å². The van der Waals surface area contributed by atoms with Crippen LogP contribution in [0.4, 0.5) is 0 Å². The second-order valence-corrected chi connectivity index (χ2v) is 9.69. The number of quaternary nitrogens is 1. The van der Waals surface area contributed by atoms with Gasteiger partial charge in [0.1, 0.15) is 0 Å². The fourth-order valence-corrected chi connectivity index (χ4v) is 2.95. The lowest BCUT2D eigenvalue weighted by molar-refractivity contribution is -0.939. The molecular weight excluding hydrogens is 302 g/mol. The van der Waals surface area contributed by atoms with Crippen molar-refractivity contribution in [3.63, 3.8) is 0 Å². The van der Waals surface area contributed by atoms with E-state index >= 15 is 0 Å². The minimum atomic E-state index is -0.329. The van der Waals surface area contributed by atoms with E-state index in [0.717, 1.165) is 30.3 Å². The lowest BCUT2D eigenvalue weighted by Gasteiger charge is -2.46. The Kier molecular flexibility index (Phi) is 8.87. The third-order valence-corrected chi connectivity index (χ3v) is 5.92. The van der Waals surface area contributed by atoms with E-state index in [2.05, 4.69) is 60.8 Å². The van der Waals surface area contributed by atoms with E-state index in [4.69, 9.17) is 0 Å². The molecule has 2 atom stereocenters. The Morgan fingerprint density at radius 1 is 0.875 bits per heavy atom. The Balaban J connectivity index is 4.65. The first-order chi connectivity index (χ1) is 10.6. The van der Waals surface area contributed by atoms with E-state index in [1.807, 2.05) is 19.0 Å². The molecule has 0 heterocycles. The Morgan fingerprint density at radius 3 is 1.79 bits per heavy atom. The number of aliphatic hydroxyl groups is 2. The van der Waals surface area contributed by atoms with Crippen LogP contribution in [0.2, 0.25) is 0 Å². The van der Waals surface area contributed by atoms with Crippen LogP contribution in [-0.4, -0.2) is 103 Å². The largest absolute Gasteiger partial charge is 0.393 e. The van der Waals surface area contributed by atoms with Crippen molar-refractivity contribution in [2.45, 2.75) is 70.2 Å². The zero-order valence-electron chi connectivity index (χ0n) is 17.9. The van der Waals surface area contributed by atoms with E-state index in [9.17, 15) is 10.2 Å². The van der Waals surface area contributed by atoms with Gasteiger partial charge in [0.15, 0.2) is 0 Å². The standard InChI is InChI=1S/C19H44N3O2/c1-18(2,21(7)8)13-16(23)11-12-22(9,10)19(3,4)14-17(24)15-20(5)6/h16-17,23-24H,11-15H2,1-10H3/q+1. The van der Waals surface area contributed by atoms with Crippen molar-refractivity contribution >= 4 is 0 Å². The fourth-order valence-electron chi connectivity index (χ4n) is 2.95. The Hall–Kier alpha value is -0.200. The molecule has 0 saturated carbocycles. The third kappa shape index (κ3) is 7.79. The third-order valence-electron chi connectivity index (χ3n) is 5.92. The van der Waals surface area contributed by atoms with Crippen LogP contribution >= 0.6 is 0 Å². The quantitative estimate of drug-likeness (QED) is 0.558. The molecule has 0 bridgehead atoms. The highest BCUT2D eigenvalue weighted by Gasteiger charge is 2.38. The summed E-state index contributed by atoms with van der Waals surface area (Å²) in [6.07, 6.45) is 1.66. The lowest BCUT2D eigenvalue weighted by atomic mass is 9.90. The van der Waals surface area contributed by atoms with E-state index in [1.165, 1.54) is 0 Å². The summed E-state index contributed by atoms with van der Waals surface area (Å²) in [4.78, 5) is 4.19. The maximum atomic E-state index is 10.5. The van der Waals surface area contributed by atoms with Gasteiger partial charge in [-0.05, 0) is 62.3 Å². The maximum absolute atomic E-state index is 10.5. The second-order valence-electron chi connectivity index (χ2n) is 9.69. The van der Waals surface area contributed by atoms with E-state index in [-0.39, 0.29) is 23.3 Å². The first-order valence-electron chi connectivity index (χ1n) is 9.12. The summed E-state index contributed by atoms with van der Waals surface area (Å²) in [6, 6.07) is 0. The average Bonchev–Trinajstić information content (AvgIpc) is 2.33. The Morgan fingerprint density at radius 2 is 1.38 bits per heavy atom. The van der Waals surface area contributed by atoms with Gasteiger partial charge in [0.25, 0.3) is 0 Å². The van der Waals surface area contributed by atoms with Gasteiger partial charge in [-0.25, -0.2) is 0 Å². The van der Waals surface area contributed by atoms with Gasteiger partial charge < -0.3 is 24.5 Å². The van der Waals surface area contributed by atoms with Gasteiger partial charge in [0, 0.05) is 24.9 Å². The normalized spacial score (nSPS) is 16.8. The molecule has 0 aliphatic heterocycles. The number of hydrogen-bond donors (Lipinski definition) is 2. The molecule has 2 unspecified atom stereocenters. The molecule has 0 aliphatic rings. The van der Waals surface area contributed by atoms with Crippen molar-refractivity contribution in [3.8, 4) is 0 Å². The molecule has 0 aromatic heterocycles. The van der Waals surface area contributed by atoms with Crippen LogP contribution < -0.4 is 0 Å². The summed E-state index contributed by atoms with van der Waals surface area (Å²) in [6.45, 7) is 10.3. The molecule has 0 amide bonds. The van der Waals surface area contributed by atoms with Crippen molar-refractivity contribution in [2.24, 2.45) is 0 Å². The summed E-state index contributed by atoms with van der Waals surface area (Å²) in [5.74, 6) is 0. The molecule has 5 nitrogen and oxygen atoms in total. The molecule has 0 rings (SSSR count). The maximum Gasteiger partial charge on any atom is 0.0957 e. The van der Waals surface area contributed by atoms with Gasteiger partial charge in [0.05, 0.1) is 38.4 Å². The predicted octanol–water partition coefficient (Wildman–Crippen LogP) is 1.64. The minimum absolute atomic E-state index is 0.00597. The number of likely N-dealkylation sites (N-methyl/N-ethyl adjacent to an activating group) is 1. The molecule has 0 aromatic carbocycles. The number of hydrogen-bond acceptors (Lipinski definition) is 4. The predicted molar refractivity (Wildman–Crippen MR) is 103 cm³/mol. The zero-order valence-corrected chi connectivity index (χ0v) is 17.9. The molecule has 0 spiro atoms. The fraction of sp³-hybridized carbons (Fsp3) is 1.00. The van der Waals surface area contributed by atoms with Gasteiger partial charge in [-0.2, -0.15) is 0 Å². The van der Waals surface area contributed by atoms with Gasteiger partial charge in [0.2, 0.25) is 0 Å². The van der Waals surface area contributed by atoms with Gasteiger partial charge >= 0.3 is 0 Å². The van der Waals surface area contributed by atoms with Crippen LogP contribution in [0.25, 0.3) is 0 Å². The summed E-state index contributed by atoms with van der Waals surface area (Å²) < 4.78 is 0.789. The van der Waals surface area contributed by atoms with E-state index in [0.29, 0.717) is 6.54 Å². The smallest absolute Gasteiger partial charge is 0.0957 e. The van der Waals surface area contributed by atoms with E-state index in [1.54, 1.807) is 0 Å². The average molecular weight is 347 g/mol. The summed E-state index contributed by atoms with van der Waals surface area (Å²) in [5.41, 5.74) is -0.0554. The van der Waals surface area contributed by atoms with Crippen LogP contribution in [0.3, 0.4) is 0 Å². The van der Waals surface area contributed by atoms with E-state index < -0.39 is 0 Å². The molecular formula is C19H44N3O2+. The van der Waals surface area contributed by atoms with Gasteiger partial charge in [-0.3, -0.25) is 0 Å². The molecule has 0 aliphatic carbocycles. The van der Waals surface area contributed by atoms with Crippen molar-refractivity contribution in [3.05, 3.63) is 0 Å². The van der Waals surface area contributed by atoms with Gasteiger partial charge in [-0.1, -0.05) is 0 Å². The lowest BCUT2D eigenvalue weighted by Crippen LogP contribution is -2.58. The number of nitrogens with zero attached hydrogens (tertiary/aromatic N) is 3. The van der Waals surface area contributed by atoms with Crippen molar-refractivity contribution in [1.82, 2.24) is 9.80 Å². The zero-order chi connectivity index (χ0) is 19.3. The highest BCUT2D eigenvalue weighted by molar-refractivity contribution is 4.81. The highest BCUT2D eigenvalue weighted by atomic mass is 16.3. The molecule has 0 fully saturated rings. The topological polar surface area (TPSA) is 46.9 Å².